The molecule has 0 fully saturated rings. The number of methoxy groups -OCH3 is 1. The van der Waals surface area contributed by atoms with Gasteiger partial charge in [0.25, 0.3) is 5.56 Å². The number of halogens is 2. The number of ether oxygens (including phenoxy) is 2. The number of H-pyrrole nitrogens is 1. The van der Waals surface area contributed by atoms with E-state index in [0.717, 1.165) is 24.6 Å². The Morgan fingerprint density at radius 3 is 2.75 bits per heavy atom. The Bertz CT molecular complexity index is 842. The molecule has 1 aromatic heterocycles. The lowest BCUT2D eigenvalue weighted by Crippen LogP contribution is -2.20. The van der Waals surface area contributed by atoms with Crippen molar-refractivity contribution in [2.75, 3.05) is 32.2 Å². The molecule has 152 valence electrons. The van der Waals surface area contributed by atoms with Gasteiger partial charge < -0.3 is 20.2 Å². The zero-order valence-corrected chi connectivity index (χ0v) is 17.2. The van der Waals surface area contributed by atoms with Gasteiger partial charge in [-0.25, -0.2) is 4.98 Å². The molecule has 0 aliphatic rings. The van der Waals surface area contributed by atoms with Gasteiger partial charge >= 0.3 is 0 Å². The maximum absolute atomic E-state index is 12.4. The summed E-state index contributed by atoms with van der Waals surface area (Å²) in [5.74, 6) is 0.307. The fraction of sp³-hybridized carbons (Fsp3) is 0.421. The van der Waals surface area contributed by atoms with Crippen LogP contribution >= 0.6 is 23.2 Å². The van der Waals surface area contributed by atoms with Crippen molar-refractivity contribution in [2.45, 2.75) is 25.8 Å². The van der Waals surface area contributed by atoms with Crippen LogP contribution in [0.15, 0.2) is 23.0 Å². The molecule has 0 spiro atoms. The lowest BCUT2D eigenvalue weighted by Gasteiger charge is -2.10. The van der Waals surface area contributed by atoms with Gasteiger partial charge in [0, 0.05) is 32.0 Å². The average molecular weight is 427 g/mol. The Hall–Kier alpha value is -1.93. The largest absolute Gasteiger partial charge is 0.382 e. The summed E-state index contributed by atoms with van der Waals surface area (Å²) in [6.07, 6.45) is 3.23. The van der Waals surface area contributed by atoms with Gasteiger partial charge in [-0.15, -0.1) is 0 Å². The van der Waals surface area contributed by atoms with E-state index >= 15 is 0 Å². The van der Waals surface area contributed by atoms with E-state index < -0.39 is 0 Å². The van der Waals surface area contributed by atoms with Crippen molar-refractivity contribution < 1.29 is 9.47 Å². The van der Waals surface area contributed by atoms with Gasteiger partial charge in [-0.2, -0.15) is 0 Å². The van der Waals surface area contributed by atoms with Crippen LogP contribution in [0.4, 0.5) is 5.95 Å². The van der Waals surface area contributed by atoms with Crippen LogP contribution in [-0.4, -0.2) is 43.1 Å². The summed E-state index contributed by atoms with van der Waals surface area (Å²) in [4.78, 5) is 19.5. The topological polar surface area (TPSA) is 100 Å². The van der Waals surface area contributed by atoms with E-state index in [0.29, 0.717) is 60.0 Å². The highest BCUT2D eigenvalue weighted by Gasteiger charge is 2.10. The van der Waals surface area contributed by atoms with Crippen LogP contribution < -0.4 is 10.9 Å². The second-order valence-electron chi connectivity index (χ2n) is 6.09. The van der Waals surface area contributed by atoms with Crippen molar-refractivity contribution in [1.82, 2.24) is 9.97 Å². The number of hydrogen-bond donors (Lipinski definition) is 3. The zero-order chi connectivity index (χ0) is 20.4. The first kappa shape index (κ1) is 22.4. The monoisotopic (exact) mass is 426 g/mol. The molecule has 0 aliphatic heterocycles. The Labute approximate surface area is 173 Å². The molecule has 2 rings (SSSR count). The first-order valence-electron chi connectivity index (χ1n) is 8.93. The number of unbranched alkanes of at least 4 members (excludes halogenated alkanes) is 1. The SMILES string of the molecule is COCCOCCCCc1c(C=N)nc(NCc2ccc(Cl)c(Cl)c2)[nH]c1=O. The number of hydrogen-bond acceptors (Lipinski definition) is 6. The van der Waals surface area contributed by atoms with Crippen molar-refractivity contribution >= 4 is 35.4 Å². The molecule has 0 amide bonds. The van der Waals surface area contributed by atoms with Crippen LogP contribution in [0.25, 0.3) is 0 Å². The first-order chi connectivity index (χ1) is 13.5. The lowest BCUT2D eigenvalue weighted by atomic mass is 10.1. The number of aromatic amines is 1. The molecule has 1 aromatic carbocycles. The molecule has 1 heterocycles. The third-order valence-electron chi connectivity index (χ3n) is 4.03. The fourth-order valence-electron chi connectivity index (χ4n) is 2.55. The molecule has 3 N–H and O–H groups in total. The molecule has 9 heteroatoms. The number of anilines is 1. The van der Waals surface area contributed by atoms with Crippen LogP contribution in [0.1, 0.15) is 29.7 Å². The van der Waals surface area contributed by atoms with Crippen LogP contribution in [-0.2, 0) is 22.4 Å². The van der Waals surface area contributed by atoms with E-state index in [1.807, 2.05) is 6.07 Å². The summed E-state index contributed by atoms with van der Waals surface area (Å²) in [6.45, 7) is 2.15. The van der Waals surface area contributed by atoms with Crippen molar-refractivity contribution in [2.24, 2.45) is 0 Å². The molecule has 28 heavy (non-hydrogen) atoms. The van der Waals surface area contributed by atoms with Crippen LogP contribution in [0.5, 0.6) is 0 Å². The minimum atomic E-state index is -0.245. The molecular formula is C19H24Cl2N4O3. The lowest BCUT2D eigenvalue weighted by molar-refractivity contribution is 0.0688. The van der Waals surface area contributed by atoms with Gasteiger partial charge in [-0.05, 0) is 37.0 Å². The van der Waals surface area contributed by atoms with Crippen LogP contribution in [0.3, 0.4) is 0 Å². The van der Waals surface area contributed by atoms with Gasteiger partial charge in [0.15, 0.2) is 0 Å². The summed E-state index contributed by atoms with van der Waals surface area (Å²) in [6, 6.07) is 5.29. The highest BCUT2D eigenvalue weighted by atomic mass is 35.5. The van der Waals surface area contributed by atoms with Crippen molar-refractivity contribution in [3.05, 3.63) is 55.4 Å². The van der Waals surface area contributed by atoms with Crippen molar-refractivity contribution in [3.63, 3.8) is 0 Å². The molecule has 0 aliphatic carbocycles. The predicted octanol–water partition coefficient (Wildman–Crippen LogP) is 3.67. The smallest absolute Gasteiger partial charge is 0.256 e. The predicted molar refractivity (Wildman–Crippen MR) is 112 cm³/mol. The third kappa shape index (κ3) is 6.91. The molecule has 0 atom stereocenters. The number of nitrogens with zero attached hydrogens (tertiary/aromatic N) is 1. The van der Waals surface area contributed by atoms with Gasteiger partial charge in [-0.3, -0.25) is 9.78 Å². The normalized spacial score (nSPS) is 10.8. The number of nitrogens with one attached hydrogen (secondary N) is 3. The molecule has 0 radical (unpaired) electrons. The van der Waals surface area contributed by atoms with Gasteiger partial charge in [0.2, 0.25) is 5.95 Å². The van der Waals surface area contributed by atoms with Crippen molar-refractivity contribution in [3.8, 4) is 0 Å². The third-order valence-corrected chi connectivity index (χ3v) is 4.76. The molecular weight excluding hydrogens is 403 g/mol. The van der Waals surface area contributed by atoms with E-state index in [1.165, 1.54) is 0 Å². The average Bonchev–Trinajstić information content (AvgIpc) is 2.69. The zero-order valence-electron chi connectivity index (χ0n) is 15.7. The Kier molecular flexibility index (Phi) is 9.43. The summed E-state index contributed by atoms with van der Waals surface area (Å²) in [5.41, 5.74) is 1.52. The summed E-state index contributed by atoms with van der Waals surface area (Å²) in [5, 5.41) is 11.6. The van der Waals surface area contributed by atoms with E-state index in [9.17, 15) is 4.79 Å². The number of aromatic nitrogens is 2. The fourth-order valence-corrected chi connectivity index (χ4v) is 2.87. The molecule has 0 unspecified atom stereocenters. The highest BCUT2D eigenvalue weighted by molar-refractivity contribution is 6.42. The van der Waals surface area contributed by atoms with E-state index in [1.54, 1.807) is 19.2 Å². The summed E-state index contributed by atoms with van der Waals surface area (Å²) >= 11 is 11.9. The van der Waals surface area contributed by atoms with E-state index in [-0.39, 0.29) is 5.56 Å². The maximum atomic E-state index is 12.4. The minimum Gasteiger partial charge on any atom is -0.382 e. The second kappa shape index (κ2) is 11.8. The standard InChI is InChI=1S/C19H24Cl2N4O3/c1-27-8-9-28-7-3-2-4-14-17(11-22)24-19(25-18(14)26)23-12-13-5-6-15(20)16(21)10-13/h5-6,10-11,22H,2-4,7-9,12H2,1H3,(H2,23,24,25,26). The quantitative estimate of drug-likeness (QED) is 0.355. The molecule has 0 saturated heterocycles. The van der Waals surface area contributed by atoms with Gasteiger partial charge in [-0.1, -0.05) is 29.3 Å². The Morgan fingerprint density at radius 1 is 1.21 bits per heavy atom. The summed E-state index contributed by atoms with van der Waals surface area (Å²) in [7, 11) is 1.63. The second-order valence-corrected chi connectivity index (χ2v) is 6.90. The molecule has 0 saturated carbocycles. The van der Waals surface area contributed by atoms with Gasteiger partial charge in [0.1, 0.15) is 0 Å². The Balaban J connectivity index is 1.93. The van der Waals surface area contributed by atoms with Crippen LogP contribution in [0, 0.1) is 5.41 Å². The molecule has 7 nitrogen and oxygen atoms in total. The summed E-state index contributed by atoms with van der Waals surface area (Å²) < 4.78 is 10.3. The molecule has 2 aromatic rings. The molecule has 0 bridgehead atoms. The highest BCUT2D eigenvalue weighted by Crippen LogP contribution is 2.22. The van der Waals surface area contributed by atoms with Crippen molar-refractivity contribution in [1.29, 1.82) is 5.41 Å². The Morgan fingerprint density at radius 2 is 2.04 bits per heavy atom. The maximum Gasteiger partial charge on any atom is 0.256 e. The van der Waals surface area contributed by atoms with E-state index in [4.69, 9.17) is 38.1 Å². The minimum absolute atomic E-state index is 0.245. The number of benzene rings is 1. The number of rotatable bonds is 12. The first-order valence-corrected chi connectivity index (χ1v) is 9.69. The van der Waals surface area contributed by atoms with Crippen LogP contribution in [0.2, 0.25) is 10.0 Å². The van der Waals surface area contributed by atoms with E-state index in [2.05, 4.69) is 15.3 Å². The van der Waals surface area contributed by atoms with Gasteiger partial charge in [0.05, 0.1) is 29.0 Å².